The summed E-state index contributed by atoms with van der Waals surface area (Å²) in [6.07, 6.45) is -0.535. The zero-order chi connectivity index (χ0) is 29.1. The van der Waals surface area contributed by atoms with Crippen LogP contribution in [0.1, 0.15) is 59.2 Å². The molecule has 3 unspecified atom stereocenters. The number of anilines is 1. The molecule has 0 spiro atoms. The maximum absolute atomic E-state index is 13.4. The fraction of sp³-hybridized carbons (Fsp3) is 0.406. The Hall–Kier alpha value is -3.36. The van der Waals surface area contributed by atoms with E-state index in [1.54, 1.807) is 17.0 Å². The second kappa shape index (κ2) is 15.4. The van der Waals surface area contributed by atoms with Crippen LogP contribution in [0.4, 0.5) is 18.9 Å². The van der Waals surface area contributed by atoms with Crippen LogP contribution in [0, 0.1) is 19.8 Å². The Labute approximate surface area is 235 Å². The summed E-state index contributed by atoms with van der Waals surface area (Å²) in [5.74, 6) is 0.114. The highest BCUT2D eigenvalue weighted by Gasteiger charge is 2.42. The zero-order valence-electron chi connectivity index (χ0n) is 23.4. The van der Waals surface area contributed by atoms with E-state index in [1.165, 1.54) is 17.2 Å². The molecule has 5 nitrogen and oxygen atoms in total. The molecule has 1 fully saturated rings. The van der Waals surface area contributed by atoms with Crippen LogP contribution in [0.5, 0.6) is 0 Å². The molecule has 2 aliphatic rings. The number of hydrogen-bond acceptors (Lipinski definition) is 4. The van der Waals surface area contributed by atoms with Crippen molar-refractivity contribution >= 4 is 12.1 Å². The van der Waals surface area contributed by atoms with Gasteiger partial charge in [0.15, 0.2) is 0 Å². The first-order valence-electron chi connectivity index (χ1n) is 13.6. The molecule has 3 aromatic carbocycles. The first kappa shape index (κ1) is 31.2. The van der Waals surface area contributed by atoms with E-state index in [9.17, 15) is 18.0 Å². The molecule has 2 aliphatic heterocycles. The highest BCUT2D eigenvalue weighted by molar-refractivity contribution is 5.58. The number of nitrogens with one attached hydrogen (secondary N) is 1. The summed E-state index contributed by atoms with van der Waals surface area (Å²) in [5, 5.41) is 3.56. The number of carbonyl (C=O) groups excluding carboxylic acids is 1. The number of aryl methyl sites for hydroxylation is 2. The van der Waals surface area contributed by atoms with E-state index in [-0.39, 0.29) is 29.7 Å². The average Bonchev–Trinajstić information content (AvgIpc) is 2.99. The van der Waals surface area contributed by atoms with Gasteiger partial charge in [-0.25, -0.2) is 8.78 Å². The van der Waals surface area contributed by atoms with Gasteiger partial charge in [0.1, 0.15) is 0 Å². The Kier molecular flexibility index (Phi) is 12.0. The van der Waals surface area contributed by atoms with Gasteiger partial charge >= 0.3 is 0 Å². The molecule has 0 aliphatic carbocycles. The van der Waals surface area contributed by atoms with Gasteiger partial charge in [0.05, 0.1) is 25.4 Å². The molecule has 0 radical (unpaired) electrons. The number of fused-ring (bicyclic) bond motifs is 3. The Morgan fingerprint density at radius 3 is 2.23 bits per heavy atom. The fourth-order valence-electron chi connectivity index (χ4n) is 5.29. The fourth-order valence-corrected chi connectivity index (χ4v) is 5.29. The number of ether oxygens (including phenoxy) is 1. The minimum Gasteiger partial charge on any atom is -0.378 e. The van der Waals surface area contributed by atoms with Crippen molar-refractivity contribution in [3.63, 3.8) is 0 Å². The molecular formula is C32H40F3N3O2. The smallest absolute Gasteiger partial charge is 0.263 e. The van der Waals surface area contributed by atoms with Gasteiger partial charge in [-0.2, -0.15) is 0 Å². The molecule has 40 heavy (non-hydrogen) atoms. The lowest BCUT2D eigenvalue weighted by Gasteiger charge is -2.46. The molecular weight excluding hydrogens is 515 g/mol. The number of hydrogen-bond donors (Lipinski definition) is 2. The van der Waals surface area contributed by atoms with Crippen LogP contribution in [-0.2, 0) is 9.53 Å². The van der Waals surface area contributed by atoms with Gasteiger partial charge < -0.3 is 20.7 Å². The Morgan fingerprint density at radius 1 is 1.00 bits per heavy atom. The normalized spacial score (nSPS) is 20.9. The standard InChI is InChI=1S/C23H27F2N3O2.C8H10.CH3F/c24-23(25)16-6-9-20-19(12-16)22-18(21(27-20)15-4-2-1-3-5-15)8-7-17(30-22)13-28(14-29)11-10-26;1-7-3-5-8(2)6-4-7;1-2/h1-6,9,12,14,17-18,21-23,27H,7-8,10-11,13,26H2;3-6H,1-2H3;1H3/t17?,18?,21-,22?;;/m0../s1. The van der Waals surface area contributed by atoms with Crippen molar-refractivity contribution in [1.29, 1.82) is 0 Å². The quantitative estimate of drug-likeness (QED) is 0.310. The van der Waals surface area contributed by atoms with Crippen molar-refractivity contribution in [2.45, 2.75) is 51.4 Å². The lowest BCUT2D eigenvalue weighted by atomic mass is 9.76. The van der Waals surface area contributed by atoms with Gasteiger partial charge in [0, 0.05) is 42.4 Å². The highest BCUT2D eigenvalue weighted by Crippen LogP contribution is 2.50. The average molecular weight is 556 g/mol. The first-order chi connectivity index (χ1) is 19.4. The van der Waals surface area contributed by atoms with Gasteiger partial charge in [-0.05, 0) is 44.4 Å². The Bertz CT molecular complexity index is 1160. The van der Waals surface area contributed by atoms with E-state index in [1.807, 2.05) is 18.2 Å². The summed E-state index contributed by atoms with van der Waals surface area (Å²) in [7, 11) is 0.500. The number of nitrogens with zero attached hydrogens (tertiary/aromatic N) is 1. The third-order valence-electron chi connectivity index (χ3n) is 7.30. The van der Waals surface area contributed by atoms with Gasteiger partial charge in [0.25, 0.3) is 6.43 Å². The summed E-state index contributed by atoms with van der Waals surface area (Å²) in [5.41, 5.74) is 11.0. The second-order valence-electron chi connectivity index (χ2n) is 10.1. The summed E-state index contributed by atoms with van der Waals surface area (Å²) >= 11 is 0. The first-order valence-corrected chi connectivity index (χ1v) is 13.6. The van der Waals surface area contributed by atoms with Crippen LogP contribution in [-0.4, -0.2) is 44.2 Å². The largest absolute Gasteiger partial charge is 0.378 e. The molecule has 8 heteroatoms. The van der Waals surface area contributed by atoms with Crippen LogP contribution in [0.2, 0.25) is 0 Å². The minimum absolute atomic E-state index is 0.00386. The summed E-state index contributed by atoms with van der Waals surface area (Å²) in [6, 6.07) is 23.4. The third kappa shape index (κ3) is 8.08. The maximum Gasteiger partial charge on any atom is 0.263 e. The molecule has 4 atom stereocenters. The van der Waals surface area contributed by atoms with Crippen LogP contribution in [0.3, 0.4) is 0 Å². The zero-order valence-corrected chi connectivity index (χ0v) is 23.4. The number of amides is 1. The van der Waals surface area contributed by atoms with Crippen molar-refractivity contribution in [2.24, 2.45) is 11.7 Å². The van der Waals surface area contributed by atoms with Crippen LogP contribution >= 0.6 is 0 Å². The number of nitrogens with two attached hydrogens (primary N) is 1. The van der Waals surface area contributed by atoms with E-state index in [4.69, 9.17) is 10.5 Å². The highest BCUT2D eigenvalue weighted by atomic mass is 19.3. The number of benzene rings is 3. The van der Waals surface area contributed by atoms with Crippen LogP contribution in [0.25, 0.3) is 0 Å². The molecule has 1 amide bonds. The van der Waals surface area contributed by atoms with E-state index >= 15 is 0 Å². The molecule has 3 aromatic rings. The van der Waals surface area contributed by atoms with Crippen molar-refractivity contribution in [1.82, 2.24) is 4.90 Å². The van der Waals surface area contributed by atoms with Crippen LogP contribution < -0.4 is 11.1 Å². The summed E-state index contributed by atoms with van der Waals surface area (Å²) in [4.78, 5) is 13.0. The summed E-state index contributed by atoms with van der Waals surface area (Å²) in [6.45, 7) is 5.51. The lowest BCUT2D eigenvalue weighted by molar-refractivity contribution is -0.127. The molecule has 1 saturated heterocycles. The molecule has 0 saturated carbocycles. The van der Waals surface area contributed by atoms with Gasteiger partial charge in [-0.1, -0.05) is 71.8 Å². The predicted octanol–water partition coefficient (Wildman–Crippen LogP) is 6.93. The molecule has 0 bridgehead atoms. The number of rotatable bonds is 7. The molecule has 5 rings (SSSR count). The van der Waals surface area contributed by atoms with E-state index in [0.717, 1.165) is 36.1 Å². The van der Waals surface area contributed by atoms with Crippen LogP contribution in [0.15, 0.2) is 72.8 Å². The topological polar surface area (TPSA) is 67.6 Å². The molecule has 216 valence electrons. The SMILES string of the molecule is CF.Cc1ccc(C)cc1.NCCN(C=O)CC1CCC2C(O1)c1cc(C(F)F)ccc1N[C@H]2c1ccccc1. The maximum atomic E-state index is 13.4. The third-order valence-corrected chi connectivity index (χ3v) is 7.30. The molecule has 3 N–H and O–H groups in total. The Balaban J connectivity index is 0.000000376. The van der Waals surface area contributed by atoms with Gasteiger partial charge in [0.2, 0.25) is 6.41 Å². The minimum atomic E-state index is -2.53. The number of carbonyl (C=O) groups is 1. The molecule has 2 heterocycles. The van der Waals surface area contributed by atoms with E-state index in [2.05, 4.69) is 55.6 Å². The van der Waals surface area contributed by atoms with Gasteiger partial charge in [-0.3, -0.25) is 9.18 Å². The lowest BCUT2D eigenvalue weighted by Crippen LogP contribution is -2.43. The second-order valence-corrected chi connectivity index (χ2v) is 10.1. The number of halogens is 3. The van der Waals surface area contributed by atoms with Crippen molar-refractivity contribution < 1.29 is 22.7 Å². The summed E-state index contributed by atoms with van der Waals surface area (Å²) < 4.78 is 42.7. The monoisotopic (exact) mass is 555 g/mol. The Morgan fingerprint density at radius 2 is 1.65 bits per heavy atom. The van der Waals surface area contributed by atoms with E-state index < -0.39 is 6.43 Å². The van der Waals surface area contributed by atoms with Crippen molar-refractivity contribution in [2.75, 3.05) is 32.1 Å². The van der Waals surface area contributed by atoms with Crippen molar-refractivity contribution in [3.05, 3.63) is 101 Å². The van der Waals surface area contributed by atoms with E-state index in [0.29, 0.717) is 26.8 Å². The molecule has 0 aromatic heterocycles. The predicted molar refractivity (Wildman–Crippen MR) is 154 cm³/mol. The number of alkyl halides is 3. The van der Waals surface area contributed by atoms with Gasteiger partial charge in [-0.15, -0.1) is 0 Å². The van der Waals surface area contributed by atoms with Crippen molar-refractivity contribution in [3.8, 4) is 0 Å².